The summed E-state index contributed by atoms with van der Waals surface area (Å²) in [4.78, 5) is 32.2. The van der Waals surface area contributed by atoms with Crippen LogP contribution in [0, 0.1) is 0 Å². The number of benzene rings is 2. The van der Waals surface area contributed by atoms with Crippen molar-refractivity contribution in [3.8, 4) is 11.4 Å². The van der Waals surface area contributed by atoms with Gasteiger partial charge in [-0.3, -0.25) is 14.2 Å². The molecule has 8 heteroatoms. The molecule has 1 aliphatic carbocycles. The van der Waals surface area contributed by atoms with Crippen LogP contribution in [0.1, 0.15) is 42.3 Å². The van der Waals surface area contributed by atoms with Crippen LogP contribution in [0.3, 0.4) is 0 Å². The van der Waals surface area contributed by atoms with Gasteiger partial charge in [0.25, 0.3) is 5.56 Å². The second kappa shape index (κ2) is 8.92. The van der Waals surface area contributed by atoms with Gasteiger partial charge in [0.05, 0.1) is 29.5 Å². The highest BCUT2D eigenvalue weighted by atomic mass is 32.2. The van der Waals surface area contributed by atoms with Gasteiger partial charge in [-0.15, -0.1) is 11.3 Å². The Morgan fingerprint density at radius 3 is 2.71 bits per heavy atom. The maximum atomic E-state index is 13.7. The van der Waals surface area contributed by atoms with Gasteiger partial charge in [-0.25, -0.2) is 4.98 Å². The van der Waals surface area contributed by atoms with Crippen LogP contribution in [-0.2, 0) is 4.79 Å². The third kappa shape index (κ3) is 4.01. The average Bonchev–Trinajstić information content (AvgIpc) is 3.62. The average molecular weight is 490 g/mol. The molecule has 0 bridgehead atoms. The zero-order chi connectivity index (χ0) is 23.1. The van der Waals surface area contributed by atoms with Crippen molar-refractivity contribution in [2.24, 2.45) is 0 Å². The molecule has 1 aliphatic heterocycles. The predicted molar refractivity (Wildman–Crippen MR) is 135 cm³/mol. The molecule has 2 aliphatic rings. The molecule has 3 heterocycles. The lowest BCUT2D eigenvalue weighted by Gasteiger charge is -2.26. The first-order valence-corrected chi connectivity index (χ1v) is 13.3. The highest BCUT2D eigenvalue weighted by Gasteiger charge is 2.29. The van der Waals surface area contributed by atoms with Crippen molar-refractivity contribution < 1.29 is 9.53 Å². The molecular formula is C26H23N3O3S2. The van der Waals surface area contributed by atoms with Gasteiger partial charge in [-0.2, -0.15) is 0 Å². The van der Waals surface area contributed by atoms with Crippen molar-refractivity contribution in [1.29, 1.82) is 0 Å². The maximum Gasteiger partial charge on any atom is 0.267 e. The standard InChI is InChI=1S/C26H23N3O3S2/c30-22(27-20-12-13-32-21-9-5-4-8-18(20)21)15-34-26-28-24-23(19(14-33-24)16-10-11-16)25(31)29(26)17-6-2-1-3-7-17/h1-9,14,16,20H,10-13,15H2,(H,27,30). The molecule has 34 heavy (non-hydrogen) atoms. The molecule has 2 aromatic carbocycles. The Kier molecular flexibility index (Phi) is 5.63. The highest BCUT2D eigenvalue weighted by Crippen LogP contribution is 2.44. The summed E-state index contributed by atoms with van der Waals surface area (Å²) >= 11 is 2.81. The Morgan fingerprint density at radius 1 is 1.09 bits per heavy atom. The van der Waals surface area contributed by atoms with E-state index in [1.807, 2.05) is 54.6 Å². The van der Waals surface area contributed by atoms with Crippen LogP contribution in [0.15, 0.2) is 69.9 Å². The first-order chi connectivity index (χ1) is 16.7. The van der Waals surface area contributed by atoms with Crippen molar-refractivity contribution in [3.05, 3.63) is 81.5 Å². The number of carbonyl (C=O) groups is 1. The molecule has 4 aromatic rings. The first kappa shape index (κ1) is 21.4. The molecule has 1 unspecified atom stereocenters. The molecule has 172 valence electrons. The number of carbonyl (C=O) groups excluding carboxylic acids is 1. The number of fused-ring (bicyclic) bond motifs is 2. The molecule has 0 saturated heterocycles. The lowest BCUT2D eigenvalue weighted by atomic mass is 10.0. The van der Waals surface area contributed by atoms with Gasteiger partial charge in [0.15, 0.2) is 5.16 Å². The number of amides is 1. The summed E-state index contributed by atoms with van der Waals surface area (Å²) < 4.78 is 7.36. The summed E-state index contributed by atoms with van der Waals surface area (Å²) in [6, 6.07) is 17.3. The molecule has 6 nitrogen and oxygen atoms in total. The minimum absolute atomic E-state index is 0.0550. The third-order valence-electron chi connectivity index (χ3n) is 6.26. The van der Waals surface area contributed by atoms with E-state index in [0.29, 0.717) is 17.7 Å². The van der Waals surface area contributed by atoms with E-state index in [9.17, 15) is 9.59 Å². The van der Waals surface area contributed by atoms with E-state index in [0.717, 1.165) is 52.0 Å². The molecule has 6 rings (SSSR count). The maximum absolute atomic E-state index is 13.7. The molecule has 1 fully saturated rings. The summed E-state index contributed by atoms with van der Waals surface area (Å²) in [6.07, 6.45) is 2.98. The van der Waals surface area contributed by atoms with Crippen molar-refractivity contribution in [3.63, 3.8) is 0 Å². The monoisotopic (exact) mass is 489 g/mol. The molecule has 1 atom stereocenters. The number of thiophene rings is 1. The van der Waals surface area contributed by atoms with Crippen molar-refractivity contribution >= 4 is 39.2 Å². The molecule has 1 N–H and O–H groups in total. The van der Waals surface area contributed by atoms with Gasteiger partial charge in [0.2, 0.25) is 5.91 Å². The molecular weight excluding hydrogens is 466 g/mol. The topological polar surface area (TPSA) is 73.2 Å². The van der Waals surface area contributed by atoms with Crippen LogP contribution in [0.5, 0.6) is 5.75 Å². The minimum atomic E-state index is -0.0921. The van der Waals surface area contributed by atoms with Crippen LogP contribution < -0.4 is 15.6 Å². The highest BCUT2D eigenvalue weighted by molar-refractivity contribution is 7.99. The van der Waals surface area contributed by atoms with Crippen molar-refractivity contribution in [2.75, 3.05) is 12.4 Å². The van der Waals surface area contributed by atoms with Crippen molar-refractivity contribution in [2.45, 2.75) is 36.4 Å². The Bertz CT molecular complexity index is 1430. The predicted octanol–water partition coefficient (Wildman–Crippen LogP) is 5.06. The molecule has 1 saturated carbocycles. The Balaban J connectivity index is 1.29. The number of nitrogens with one attached hydrogen (secondary N) is 1. The fourth-order valence-electron chi connectivity index (χ4n) is 4.45. The lowest BCUT2D eigenvalue weighted by Crippen LogP contribution is -2.33. The smallest absolute Gasteiger partial charge is 0.267 e. The number of nitrogens with zero attached hydrogens (tertiary/aromatic N) is 2. The SMILES string of the molecule is O=C(CSc1nc2scc(C3CC3)c2c(=O)n1-c1ccccc1)NC1CCOc2ccccc21. The zero-order valence-corrected chi connectivity index (χ0v) is 20.0. The van der Waals surface area contributed by atoms with Crippen LogP contribution >= 0.6 is 23.1 Å². The number of rotatable bonds is 6. The number of para-hydroxylation sites is 2. The summed E-state index contributed by atoms with van der Waals surface area (Å²) in [5.41, 5.74) is 2.82. The largest absolute Gasteiger partial charge is 0.493 e. The van der Waals surface area contributed by atoms with Crippen LogP contribution in [0.25, 0.3) is 15.9 Å². The molecule has 1 amide bonds. The van der Waals surface area contributed by atoms with Gasteiger partial charge in [0, 0.05) is 12.0 Å². The van der Waals surface area contributed by atoms with E-state index in [1.54, 1.807) is 4.57 Å². The number of aromatic nitrogens is 2. The van der Waals surface area contributed by atoms with Crippen LogP contribution in [-0.4, -0.2) is 27.8 Å². The molecule has 0 spiro atoms. The number of hydrogen-bond donors (Lipinski definition) is 1. The van der Waals surface area contributed by atoms with E-state index in [-0.39, 0.29) is 23.3 Å². The number of ether oxygens (including phenoxy) is 1. The van der Waals surface area contributed by atoms with Crippen LogP contribution in [0.2, 0.25) is 0 Å². The van der Waals surface area contributed by atoms with Crippen LogP contribution in [0.4, 0.5) is 0 Å². The summed E-state index contributed by atoms with van der Waals surface area (Å²) in [5.74, 6) is 1.37. The minimum Gasteiger partial charge on any atom is -0.493 e. The van der Waals surface area contributed by atoms with Gasteiger partial charge in [-0.1, -0.05) is 48.2 Å². The Hall–Kier alpha value is -3.10. The van der Waals surface area contributed by atoms with Gasteiger partial charge >= 0.3 is 0 Å². The second-order valence-corrected chi connectivity index (χ2v) is 10.4. The Labute approximate surface area is 205 Å². The van der Waals surface area contributed by atoms with E-state index < -0.39 is 0 Å². The summed E-state index contributed by atoms with van der Waals surface area (Å²) in [5, 5.41) is 6.47. The Morgan fingerprint density at radius 2 is 1.88 bits per heavy atom. The van der Waals surface area contributed by atoms with E-state index in [1.165, 1.54) is 23.1 Å². The van der Waals surface area contributed by atoms with E-state index in [4.69, 9.17) is 9.72 Å². The van der Waals surface area contributed by atoms with Gasteiger partial charge in [-0.05, 0) is 47.9 Å². The number of hydrogen-bond acceptors (Lipinski definition) is 6. The van der Waals surface area contributed by atoms with E-state index >= 15 is 0 Å². The zero-order valence-electron chi connectivity index (χ0n) is 18.4. The normalized spacial score (nSPS) is 17.2. The third-order valence-corrected chi connectivity index (χ3v) is 8.09. The molecule has 0 radical (unpaired) electrons. The quantitative estimate of drug-likeness (QED) is 0.303. The lowest BCUT2D eigenvalue weighted by molar-refractivity contribution is -0.119. The van der Waals surface area contributed by atoms with Crippen molar-refractivity contribution in [1.82, 2.24) is 14.9 Å². The first-order valence-electron chi connectivity index (χ1n) is 11.4. The number of thioether (sulfide) groups is 1. The van der Waals surface area contributed by atoms with Gasteiger partial charge < -0.3 is 10.1 Å². The van der Waals surface area contributed by atoms with Gasteiger partial charge in [0.1, 0.15) is 10.6 Å². The molecule has 2 aromatic heterocycles. The second-order valence-electron chi connectivity index (χ2n) is 8.60. The van der Waals surface area contributed by atoms with E-state index in [2.05, 4.69) is 10.7 Å². The fourth-order valence-corrected chi connectivity index (χ4v) is 6.33. The fraction of sp³-hybridized carbons (Fsp3) is 0.269. The summed E-state index contributed by atoms with van der Waals surface area (Å²) in [6.45, 7) is 0.572. The summed E-state index contributed by atoms with van der Waals surface area (Å²) in [7, 11) is 0.